The monoisotopic (exact) mass is 405 g/mol. The van der Waals surface area contributed by atoms with E-state index in [4.69, 9.17) is 9.47 Å². The largest absolute Gasteiger partial charge is 0.491 e. The summed E-state index contributed by atoms with van der Waals surface area (Å²) in [6, 6.07) is 8.26. The average molecular weight is 406 g/mol. The van der Waals surface area contributed by atoms with Gasteiger partial charge in [0.05, 0.1) is 23.5 Å². The van der Waals surface area contributed by atoms with E-state index < -0.39 is 6.10 Å². The number of ether oxygens (including phenoxy) is 2. The van der Waals surface area contributed by atoms with Crippen molar-refractivity contribution in [2.45, 2.75) is 26.9 Å². The van der Waals surface area contributed by atoms with Crippen LogP contribution in [0.4, 0.5) is 5.69 Å². The van der Waals surface area contributed by atoms with E-state index in [9.17, 15) is 5.11 Å². The first-order valence-electron chi connectivity index (χ1n) is 9.93. The summed E-state index contributed by atoms with van der Waals surface area (Å²) in [5, 5.41) is 11.1. The van der Waals surface area contributed by atoms with Gasteiger partial charge in [0, 0.05) is 32.7 Å². The van der Waals surface area contributed by atoms with Crippen molar-refractivity contribution in [2.75, 3.05) is 50.8 Å². The normalized spacial score (nSPS) is 16.4. The van der Waals surface area contributed by atoms with Crippen LogP contribution in [0.2, 0.25) is 0 Å². The molecule has 28 heavy (non-hydrogen) atoms. The van der Waals surface area contributed by atoms with Crippen molar-refractivity contribution in [1.82, 2.24) is 9.88 Å². The maximum absolute atomic E-state index is 10.3. The van der Waals surface area contributed by atoms with Crippen LogP contribution < -0.4 is 14.4 Å². The lowest BCUT2D eigenvalue weighted by atomic mass is 10.2. The third-order valence-corrected chi connectivity index (χ3v) is 5.57. The summed E-state index contributed by atoms with van der Waals surface area (Å²) < 4.78 is 11.7. The van der Waals surface area contributed by atoms with Gasteiger partial charge in [0.2, 0.25) is 0 Å². The minimum Gasteiger partial charge on any atom is -0.491 e. The Balaban J connectivity index is 1.46. The summed E-state index contributed by atoms with van der Waals surface area (Å²) in [6.45, 7) is 11.5. The molecule has 1 saturated heterocycles. The van der Waals surface area contributed by atoms with Crippen LogP contribution in [0.3, 0.4) is 0 Å². The van der Waals surface area contributed by atoms with E-state index in [0.29, 0.717) is 19.1 Å². The molecule has 6 nitrogen and oxygen atoms in total. The first-order chi connectivity index (χ1) is 13.5. The van der Waals surface area contributed by atoms with Gasteiger partial charge in [-0.15, -0.1) is 0 Å². The molecule has 0 aliphatic carbocycles. The lowest BCUT2D eigenvalue weighted by molar-refractivity contribution is 0.0673. The van der Waals surface area contributed by atoms with Gasteiger partial charge < -0.3 is 19.5 Å². The average Bonchev–Trinajstić information content (AvgIpc) is 3.10. The van der Waals surface area contributed by atoms with E-state index in [0.717, 1.165) is 55.0 Å². The van der Waals surface area contributed by atoms with Crippen molar-refractivity contribution in [3.05, 3.63) is 35.5 Å². The summed E-state index contributed by atoms with van der Waals surface area (Å²) in [6.07, 6.45) is -0.505. The van der Waals surface area contributed by atoms with Gasteiger partial charge in [-0.2, -0.15) is 0 Å². The maximum atomic E-state index is 10.3. The Morgan fingerprint density at radius 1 is 1.11 bits per heavy atom. The van der Waals surface area contributed by atoms with Gasteiger partial charge in [0.25, 0.3) is 0 Å². The molecule has 1 aliphatic heterocycles. The van der Waals surface area contributed by atoms with Crippen LogP contribution in [0.15, 0.2) is 29.8 Å². The molecule has 1 aliphatic rings. The summed E-state index contributed by atoms with van der Waals surface area (Å²) >= 11 is 1.47. The van der Waals surface area contributed by atoms with Crippen molar-refractivity contribution in [2.24, 2.45) is 5.92 Å². The van der Waals surface area contributed by atoms with Crippen molar-refractivity contribution in [3.8, 4) is 10.8 Å². The lowest BCUT2D eigenvalue weighted by Gasteiger charge is -2.37. The van der Waals surface area contributed by atoms with Crippen molar-refractivity contribution in [1.29, 1.82) is 0 Å². The lowest BCUT2D eigenvalue weighted by Crippen LogP contribution is -2.49. The fourth-order valence-corrected chi connectivity index (χ4v) is 3.89. The number of β-amino-alcohol motifs (C(OH)–C–C–N with tert-alkyl or cyclic N) is 1. The topological polar surface area (TPSA) is 58.1 Å². The molecule has 2 aromatic rings. The number of para-hydroxylation sites is 2. The number of hydrogen-bond donors (Lipinski definition) is 1. The number of aryl methyl sites for hydroxylation is 1. The maximum Gasteiger partial charge on any atom is 0.197 e. The van der Waals surface area contributed by atoms with Crippen molar-refractivity contribution < 1.29 is 14.6 Å². The molecular formula is C21H31N3O3S. The molecule has 0 amide bonds. The Labute approximate surface area is 171 Å². The number of aliphatic hydroxyl groups excluding tert-OH is 1. The molecule has 1 atom stereocenters. The molecule has 1 unspecified atom stereocenters. The molecule has 1 N–H and O–H groups in total. The predicted molar refractivity (Wildman–Crippen MR) is 114 cm³/mol. The third kappa shape index (κ3) is 5.83. The number of rotatable bonds is 9. The number of hydrogen-bond acceptors (Lipinski definition) is 7. The Kier molecular flexibility index (Phi) is 7.53. The fraction of sp³-hybridized carbons (Fsp3) is 0.571. The summed E-state index contributed by atoms with van der Waals surface area (Å²) in [5.74, 6) is 1.46. The zero-order valence-electron chi connectivity index (χ0n) is 17.0. The van der Waals surface area contributed by atoms with Crippen LogP contribution in [0.5, 0.6) is 10.8 Å². The van der Waals surface area contributed by atoms with E-state index in [1.54, 1.807) is 5.51 Å². The standard InChI is InChI=1S/C21H31N3O3S/c1-16(2)13-26-20-7-5-4-6-19(20)24-10-8-23(9-11-24)12-18(25)14-27-21-17(3)22-15-28-21/h4-7,15-16,18,25H,8-14H2,1-3H3. The first kappa shape index (κ1) is 20.9. The SMILES string of the molecule is Cc1ncsc1OCC(O)CN1CCN(c2ccccc2OCC(C)C)CC1. The molecule has 3 rings (SSSR count). The number of thiazole rings is 1. The van der Waals surface area contributed by atoms with Crippen LogP contribution in [0.25, 0.3) is 0 Å². The molecule has 1 aromatic heterocycles. The number of nitrogens with zero attached hydrogens (tertiary/aromatic N) is 3. The molecule has 1 fully saturated rings. The Morgan fingerprint density at radius 3 is 2.54 bits per heavy atom. The van der Waals surface area contributed by atoms with Crippen molar-refractivity contribution >= 4 is 17.0 Å². The molecule has 7 heteroatoms. The smallest absolute Gasteiger partial charge is 0.197 e. The quantitative estimate of drug-likeness (QED) is 0.692. The van der Waals surface area contributed by atoms with E-state index in [2.05, 4.69) is 40.8 Å². The Bertz CT molecular complexity index is 729. The summed E-state index contributed by atoms with van der Waals surface area (Å²) in [5.41, 5.74) is 3.80. The van der Waals surface area contributed by atoms with Crippen molar-refractivity contribution in [3.63, 3.8) is 0 Å². The van der Waals surface area contributed by atoms with E-state index in [1.165, 1.54) is 11.3 Å². The minimum atomic E-state index is -0.505. The zero-order chi connectivity index (χ0) is 19.9. The van der Waals surface area contributed by atoms with Gasteiger partial charge in [-0.3, -0.25) is 4.90 Å². The highest BCUT2D eigenvalue weighted by molar-refractivity contribution is 7.11. The number of benzene rings is 1. The third-order valence-electron chi connectivity index (χ3n) is 4.73. The predicted octanol–water partition coefficient (Wildman–Crippen LogP) is 3.05. The van der Waals surface area contributed by atoms with Crippen LogP contribution in [0.1, 0.15) is 19.5 Å². The van der Waals surface area contributed by atoms with E-state index in [-0.39, 0.29) is 0 Å². The molecule has 1 aromatic carbocycles. The molecule has 0 bridgehead atoms. The van der Waals surface area contributed by atoms with Gasteiger partial charge >= 0.3 is 0 Å². The molecular weight excluding hydrogens is 374 g/mol. The molecule has 0 radical (unpaired) electrons. The van der Waals surface area contributed by atoms with Crippen LogP contribution >= 0.6 is 11.3 Å². The second-order valence-electron chi connectivity index (χ2n) is 7.65. The molecule has 154 valence electrons. The van der Waals surface area contributed by atoms with Crippen LogP contribution in [-0.4, -0.2) is 67.0 Å². The van der Waals surface area contributed by atoms with Crippen LogP contribution in [0, 0.1) is 12.8 Å². The second kappa shape index (κ2) is 10.1. The van der Waals surface area contributed by atoms with E-state index >= 15 is 0 Å². The molecule has 0 saturated carbocycles. The highest BCUT2D eigenvalue weighted by Gasteiger charge is 2.22. The summed E-state index contributed by atoms with van der Waals surface area (Å²) in [4.78, 5) is 8.83. The van der Waals surface area contributed by atoms with Gasteiger partial charge in [0.1, 0.15) is 18.5 Å². The van der Waals surface area contributed by atoms with Gasteiger partial charge in [-0.25, -0.2) is 4.98 Å². The second-order valence-corrected chi connectivity index (χ2v) is 8.47. The molecule has 0 spiro atoms. The highest BCUT2D eigenvalue weighted by atomic mass is 32.1. The van der Waals surface area contributed by atoms with Crippen LogP contribution in [-0.2, 0) is 0 Å². The van der Waals surface area contributed by atoms with Gasteiger partial charge in [-0.1, -0.05) is 37.3 Å². The highest BCUT2D eigenvalue weighted by Crippen LogP contribution is 2.29. The van der Waals surface area contributed by atoms with Gasteiger partial charge in [0.15, 0.2) is 5.06 Å². The first-order valence-corrected chi connectivity index (χ1v) is 10.8. The number of piperazine rings is 1. The molecule has 2 heterocycles. The zero-order valence-corrected chi connectivity index (χ0v) is 17.8. The minimum absolute atomic E-state index is 0.301. The number of aromatic nitrogens is 1. The Hall–Kier alpha value is -1.83. The fourth-order valence-electron chi connectivity index (χ4n) is 3.22. The van der Waals surface area contributed by atoms with E-state index in [1.807, 2.05) is 19.1 Å². The van der Waals surface area contributed by atoms with Gasteiger partial charge in [-0.05, 0) is 25.0 Å². The summed E-state index contributed by atoms with van der Waals surface area (Å²) in [7, 11) is 0. The Morgan fingerprint density at radius 2 is 1.86 bits per heavy atom. The number of aliphatic hydroxyl groups is 1. The number of anilines is 1.